The van der Waals surface area contributed by atoms with Crippen molar-refractivity contribution >= 4 is 23.5 Å². The molecular formula is C10H11ClO4. The third-order valence-electron chi connectivity index (χ3n) is 3.04. The summed E-state index contributed by atoms with van der Waals surface area (Å²) < 4.78 is 9.75. The van der Waals surface area contributed by atoms with E-state index in [-0.39, 0.29) is 0 Å². The average Bonchev–Trinajstić information content (AvgIpc) is 2.14. The smallest absolute Gasteiger partial charge is 0.316 e. The molecule has 0 aromatic rings. The third kappa shape index (κ3) is 1.35. The zero-order valence-corrected chi connectivity index (χ0v) is 9.21. The number of carbonyl (C=O) groups excluding carboxylic acids is 2. The molecule has 1 fully saturated rings. The van der Waals surface area contributed by atoms with Crippen molar-refractivity contribution in [3.05, 3.63) is 11.1 Å². The molecule has 2 bridgehead atoms. The maximum Gasteiger partial charge on any atom is 0.316 e. The molecule has 1 aliphatic carbocycles. The largest absolute Gasteiger partial charge is 0.469 e. The quantitative estimate of drug-likeness (QED) is 0.636. The van der Waals surface area contributed by atoms with Gasteiger partial charge in [-0.2, -0.15) is 0 Å². The van der Waals surface area contributed by atoms with Crippen molar-refractivity contribution in [3.63, 3.8) is 0 Å². The summed E-state index contributed by atoms with van der Waals surface area (Å²) in [6.45, 7) is 1.69. The molecule has 0 radical (unpaired) electrons. The van der Waals surface area contributed by atoms with Crippen molar-refractivity contribution < 1.29 is 19.1 Å². The molecule has 15 heavy (non-hydrogen) atoms. The third-order valence-corrected chi connectivity index (χ3v) is 3.38. The first-order chi connectivity index (χ1) is 6.99. The maximum absolute atomic E-state index is 11.7. The van der Waals surface area contributed by atoms with Gasteiger partial charge in [0.1, 0.15) is 12.0 Å². The van der Waals surface area contributed by atoms with Crippen LogP contribution in [0.2, 0.25) is 0 Å². The SMILES string of the molecule is COC(=O)[C@@]1(C)C[C@H]2C=C(Cl)[C@@H]1C(=O)O2. The Balaban J connectivity index is 2.42. The maximum atomic E-state index is 11.7. The first-order valence-corrected chi connectivity index (χ1v) is 5.03. The highest BCUT2D eigenvalue weighted by Gasteiger charge is 2.56. The fourth-order valence-electron chi connectivity index (χ4n) is 2.27. The van der Waals surface area contributed by atoms with Crippen molar-refractivity contribution in [2.24, 2.45) is 11.3 Å². The Morgan fingerprint density at radius 3 is 2.87 bits per heavy atom. The second-order valence-electron chi connectivity index (χ2n) is 4.07. The van der Waals surface area contributed by atoms with Crippen molar-refractivity contribution in [1.29, 1.82) is 0 Å². The van der Waals surface area contributed by atoms with E-state index in [2.05, 4.69) is 0 Å². The summed E-state index contributed by atoms with van der Waals surface area (Å²) >= 11 is 5.95. The molecule has 0 N–H and O–H groups in total. The zero-order chi connectivity index (χ0) is 11.2. The van der Waals surface area contributed by atoms with E-state index >= 15 is 0 Å². The summed E-state index contributed by atoms with van der Waals surface area (Å²) in [5.74, 6) is -1.57. The van der Waals surface area contributed by atoms with Gasteiger partial charge in [0.15, 0.2) is 0 Å². The van der Waals surface area contributed by atoms with Crippen LogP contribution in [0.25, 0.3) is 0 Å². The lowest BCUT2D eigenvalue weighted by atomic mass is 9.67. The van der Waals surface area contributed by atoms with E-state index in [4.69, 9.17) is 21.1 Å². The predicted molar refractivity (Wildman–Crippen MR) is 52.0 cm³/mol. The molecule has 0 spiro atoms. The molecule has 3 aliphatic rings. The van der Waals surface area contributed by atoms with Gasteiger partial charge in [0, 0.05) is 11.5 Å². The minimum Gasteiger partial charge on any atom is -0.469 e. The minimum atomic E-state index is -0.888. The topological polar surface area (TPSA) is 52.6 Å². The Bertz CT molecular complexity index is 362. The van der Waals surface area contributed by atoms with Gasteiger partial charge in [-0.3, -0.25) is 9.59 Å². The number of methoxy groups -OCH3 is 1. The summed E-state index contributed by atoms with van der Waals surface area (Å²) in [5, 5.41) is 0.385. The van der Waals surface area contributed by atoms with Crippen LogP contribution < -0.4 is 0 Å². The number of fused-ring (bicyclic) bond motifs is 2. The highest BCUT2D eigenvalue weighted by molar-refractivity contribution is 6.32. The lowest BCUT2D eigenvalue weighted by Crippen LogP contribution is -2.52. The van der Waals surface area contributed by atoms with Gasteiger partial charge in [0.2, 0.25) is 0 Å². The second kappa shape index (κ2) is 3.23. The lowest BCUT2D eigenvalue weighted by molar-refractivity contribution is -0.180. The standard InChI is InChI=1S/C10H11ClO4/c1-10(9(13)14-2)4-5-3-6(11)7(10)8(12)15-5/h3,5,7H,4H2,1-2H3/t5-,7-,10+/m1/s1. The monoisotopic (exact) mass is 230 g/mol. The summed E-state index contributed by atoms with van der Waals surface area (Å²) in [6, 6.07) is 0. The zero-order valence-electron chi connectivity index (χ0n) is 8.45. The first-order valence-electron chi connectivity index (χ1n) is 4.65. The Kier molecular flexibility index (Phi) is 2.26. The van der Waals surface area contributed by atoms with Crippen LogP contribution in [0.1, 0.15) is 13.3 Å². The molecule has 2 heterocycles. The molecule has 82 valence electrons. The molecule has 5 heteroatoms. The van der Waals surface area contributed by atoms with Gasteiger partial charge >= 0.3 is 11.9 Å². The van der Waals surface area contributed by atoms with Gasteiger partial charge < -0.3 is 9.47 Å². The van der Waals surface area contributed by atoms with Crippen LogP contribution in [0.5, 0.6) is 0 Å². The van der Waals surface area contributed by atoms with Crippen LogP contribution in [0.3, 0.4) is 0 Å². The molecular weight excluding hydrogens is 220 g/mol. The van der Waals surface area contributed by atoms with E-state index in [0.29, 0.717) is 11.5 Å². The van der Waals surface area contributed by atoms with Gasteiger partial charge in [-0.05, 0) is 13.0 Å². The van der Waals surface area contributed by atoms with Crippen LogP contribution in [0.15, 0.2) is 11.1 Å². The van der Waals surface area contributed by atoms with Gasteiger partial charge in [0.05, 0.1) is 12.5 Å². The fourth-order valence-corrected chi connectivity index (χ4v) is 2.74. The van der Waals surface area contributed by atoms with E-state index in [1.807, 2.05) is 0 Å². The van der Waals surface area contributed by atoms with E-state index < -0.39 is 29.4 Å². The second-order valence-corrected chi connectivity index (χ2v) is 4.51. The van der Waals surface area contributed by atoms with E-state index in [0.717, 1.165) is 0 Å². The Labute approximate surface area is 92.2 Å². The molecule has 2 aliphatic heterocycles. The Hall–Kier alpha value is -1.03. The molecule has 0 aromatic carbocycles. The highest BCUT2D eigenvalue weighted by Crippen LogP contribution is 2.49. The summed E-state index contributed by atoms with van der Waals surface area (Å²) in [6.07, 6.45) is 1.71. The average molecular weight is 231 g/mol. The number of rotatable bonds is 1. The predicted octanol–water partition coefficient (Wildman–Crippen LogP) is 1.23. The van der Waals surface area contributed by atoms with Gasteiger partial charge in [0.25, 0.3) is 0 Å². The molecule has 1 saturated heterocycles. The van der Waals surface area contributed by atoms with Gasteiger partial charge in [-0.15, -0.1) is 0 Å². The van der Waals surface area contributed by atoms with Crippen molar-refractivity contribution in [2.45, 2.75) is 19.4 Å². The summed E-state index contributed by atoms with van der Waals surface area (Å²) in [4.78, 5) is 23.2. The molecule has 0 unspecified atom stereocenters. The van der Waals surface area contributed by atoms with Crippen LogP contribution in [0.4, 0.5) is 0 Å². The first kappa shape index (κ1) is 10.5. The minimum absolute atomic E-state index is 0.385. The molecule has 0 saturated carbocycles. The molecule has 3 rings (SSSR count). The van der Waals surface area contributed by atoms with Crippen LogP contribution in [-0.4, -0.2) is 25.2 Å². The number of hydrogen-bond donors (Lipinski definition) is 0. The van der Waals surface area contributed by atoms with Crippen molar-refractivity contribution in [3.8, 4) is 0 Å². The normalized spacial score (nSPS) is 38.3. The number of hydrogen-bond acceptors (Lipinski definition) is 4. The fraction of sp³-hybridized carbons (Fsp3) is 0.600. The number of ether oxygens (including phenoxy) is 2. The van der Waals surface area contributed by atoms with Crippen LogP contribution >= 0.6 is 11.6 Å². The van der Waals surface area contributed by atoms with Gasteiger partial charge in [-0.1, -0.05) is 11.6 Å². The lowest BCUT2D eigenvalue weighted by Gasteiger charge is -2.43. The molecule has 4 nitrogen and oxygen atoms in total. The van der Waals surface area contributed by atoms with Crippen LogP contribution in [-0.2, 0) is 19.1 Å². The summed E-state index contributed by atoms with van der Waals surface area (Å²) in [7, 11) is 1.30. The Morgan fingerprint density at radius 1 is 1.73 bits per heavy atom. The van der Waals surface area contributed by atoms with E-state index in [1.54, 1.807) is 13.0 Å². The number of halogens is 1. The number of carbonyl (C=O) groups is 2. The molecule has 0 amide bonds. The van der Waals surface area contributed by atoms with Crippen molar-refractivity contribution in [1.82, 2.24) is 0 Å². The Morgan fingerprint density at radius 2 is 2.40 bits per heavy atom. The molecule has 0 aromatic heterocycles. The number of esters is 2. The van der Waals surface area contributed by atoms with E-state index in [1.165, 1.54) is 7.11 Å². The van der Waals surface area contributed by atoms with E-state index in [9.17, 15) is 9.59 Å². The van der Waals surface area contributed by atoms with Crippen molar-refractivity contribution in [2.75, 3.05) is 7.11 Å². The summed E-state index contributed by atoms with van der Waals surface area (Å²) in [5.41, 5.74) is -0.888. The molecule has 3 atom stereocenters. The highest BCUT2D eigenvalue weighted by atomic mass is 35.5. The van der Waals surface area contributed by atoms with Crippen LogP contribution in [0, 0.1) is 11.3 Å². The van der Waals surface area contributed by atoms with Gasteiger partial charge in [-0.25, -0.2) is 0 Å².